The van der Waals surface area contributed by atoms with Crippen molar-refractivity contribution in [1.29, 1.82) is 0 Å². The maximum absolute atomic E-state index is 4.73. The van der Waals surface area contributed by atoms with Crippen molar-refractivity contribution in [2.75, 3.05) is 19.6 Å². The molecule has 3 aromatic rings. The lowest BCUT2D eigenvalue weighted by atomic mass is 10.1. The Kier molecular flexibility index (Phi) is 5.23. The molecule has 1 aliphatic rings. The fourth-order valence-electron chi connectivity index (χ4n) is 4.20. The van der Waals surface area contributed by atoms with Gasteiger partial charge in [0.1, 0.15) is 0 Å². The van der Waals surface area contributed by atoms with Gasteiger partial charge in [-0.2, -0.15) is 5.10 Å². The van der Waals surface area contributed by atoms with Crippen molar-refractivity contribution >= 4 is 5.65 Å². The lowest BCUT2D eigenvalue weighted by molar-refractivity contribution is 0.0455. The van der Waals surface area contributed by atoms with E-state index in [4.69, 9.17) is 4.98 Å². The highest BCUT2D eigenvalue weighted by atomic mass is 15.3. The molecule has 0 amide bonds. The fraction of sp³-hybridized carbons (Fsp3) is 0.455. The van der Waals surface area contributed by atoms with E-state index in [1.54, 1.807) is 0 Å². The smallest absolute Gasteiger partial charge is 0.162 e. The summed E-state index contributed by atoms with van der Waals surface area (Å²) in [6.07, 6.45) is 7.26. The Bertz CT molecular complexity index is 886. The van der Waals surface area contributed by atoms with Crippen LogP contribution in [0.1, 0.15) is 32.8 Å². The molecular formula is C22H29N5. The van der Waals surface area contributed by atoms with Gasteiger partial charge in [-0.1, -0.05) is 37.3 Å². The zero-order valence-corrected chi connectivity index (χ0v) is 16.5. The van der Waals surface area contributed by atoms with E-state index in [2.05, 4.69) is 54.0 Å². The van der Waals surface area contributed by atoms with Crippen LogP contribution in [0.2, 0.25) is 0 Å². The molecule has 4 rings (SSSR count). The Morgan fingerprint density at radius 3 is 2.67 bits per heavy atom. The van der Waals surface area contributed by atoms with Gasteiger partial charge in [-0.05, 0) is 25.8 Å². The third kappa shape index (κ3) is 3.75. The largest absolute Gasteiger partial charge is 0.296 e. The molecule has 0 radical (unpaired) electrons. The SMILES string of the molecule is CC[C@H]1CN(Cc2cnc3c(-c4ccccc4)cnn3c2)CCN1C(C)C. The molecule has 2 aromatic heterocycles. The molecule has 27 heavy (non-hydrogen) atoms. The van der Waals surface area contributed by atoms with Crippen LogP contribution in [0.4, 0.5) is 0 Å². The van der Waals surface area contributed by atoms with Crippen LogP contribution in [0.25, 0.3) is 16.8 Å². The van der Waals surface area contributed by atoms with Crippen molar-refractivity contribution in [2.24, 2.45) is 0 Å². The van der Waals surface area contributed by atoms with E-state index < -0.39 is 0 Å². The minimum atomic E-state index is 0.621. The number of nitrogens with zero attached hydrogens (tertiary/aromatic N) is 5. The van der Waals surface area contributed by atoms with E-state index in [1.165, 1.54) is 12.0 Å². The summed E-state index contributed by atoms with van der Waals surface area (Å²) in [6.45, 7) is 11.2. The molecule has 5 heteroatoms. The van der Waals surface area contributed by atoms with Crippen molar-refractivity contribution in [2.45, 2.75) is 45.8 Å². The van der Waals surface area contributed by atoms with Gasteiger partial charge in [0.2, 0.25) is 0 Å². The third-order valence-corrected chi connectivity index (χ3v) is 5.65. The van der Waals surface area contributed by atoms with Gasteiger partial charge >= 0.3 is 0 Å². The van der Waals surface area contributed by atoms with Crippen molar-refractivity contribution in [3.05, 3.63) is 54.5 Å². The predicted octanol–water partition coefficient (Wildman–Crippen LogP) is 3.70. The average Bonchev–Trinajstić information content (AvgIpc) is 3.11. The summed E-state index contributed by atoms with van der Waals surface area (Å²) in [6, 6.07) is 11.6. The first-order valence-electron chi connectivity index (χ1n) is 10.0. The number of benzene rings is 1. The lowest BCUT2D eigenvalue weighted by Crippen LogP contribution is -2.54. The van der Waals surface area contributed by atoms with Gasteiger partial charge in [0.05, 0.1) is 6.20 Å². The Morgan fingerprint density at radius 2 is 1.93 bits per heavy atom. The van der Waals surface area contributed by atoms with Gasteiger partial charge in [-0.3, -0.25) is 9.80 Å². The zero-order chi connectivity index (χ0) is 18.8. The quantitative estimate of drug-likeness (QED) is 0.693. The van der Waals surface area contributed by atoms with Crippen LogP contribution in [-0.2, 0) is 6.54 Å². The first-order valence-corrected chi connectivity index (χ1v) is 10.0. The van der Waals surface area contributed by atoms with E-state index in [0.29, 0.717) is 12.1 Å². The number of piperazine rings is 1. The van der Waals surface area contributed by atoms with Crippen LogP contribution in [0, 0.1) is 0 Å². The summed E-state index contributed by atoms with van der Waals surface area (Å²) in [4.78, 5) is 9.92. The van der Waals surface area contributed by atoms with Crippen LogP contribution in [-0.4, -0.2) is 56.1 Å². The highest BCUT2D eigenvalue weighted by molar-refractivity contribution is 5.76. The van der Waals surface area contributed by atoms with Gasteiger partial charge < -0.3 is 0 Å². The standard InChI is InChI=1S/C22H29N5/c1-4-20-16-25(10-11-26(20)17(2)3)14-18-12-23-22-21(13-24-27(22)15-18)19-8-6-5-7-9-19/h5-9,12-13,15,17,20H,4,10-11,14,16H2,1-3H3/t20-/m0/s1. The monoisotopic (exact) mass is 363 g/mol. The summed E-state index contributed by atoms with van der Waals surface area (Å²) >= 11 is 0. The molecule has 1 fully saturated rings. The number of hydrogen-bond acceptors (Lipinski definition) is 4. The van der Waals surface area contributed by atoms with Gasteiger partial charge in [-0.25, -0.2) is 9.50 Å². The Morgan fingerprint density at radius 1 is 1.11 bits per heavy atom. The van der Waals surface area contributed by atoms with Gasteiger partial charge in [0.25, 0.3) is 0 Å². The maximum atomic E-state index is 4.73. The molecular weight excluding hydrogens is 334 g/mol. The second-order valence-electron chi connectivity index (χ2n) is 7.78. The van der Waals surface area contributed by atoms with Crippen molar-refractivity contribution in [3.8, 4) is 11.1 Å². The van der Waals surface area contributed by atoms with Crippen molar-refractivity contribution < 1.29 is 0 Å². The predicted molar refractivity (Wildman–Crippen MR) is 110 cm³/mol. The molecule has 0 saturated carbocycles. The van der Waals surface area contributed by atoms with E-state index in [0.717, 1.165) is 43.0 Å². The summed E-state index contributed by atoms with van der Waals surface area (Å²) in [5, 5.41) is 4.54. The fourth-order valence-corrected chi connectivity index (χ4v) is 4.20. The molecule has 0 bridgehead atoms. The molecule has 0 spiro atoms. The van der Waals surface area contributed by atoms with E-state index >= 15 is 0 Å². The zero-order valence-electron chi connectivity index (χ0n) is 16.5. The van der Waals surface area contributed by atoms with E-state index in [1.807, 2.05) is 35.1 Å². The minimum Gasteiger partial charge on any atom is -0.296 e. The van der Waals surface area contributed by atoms with Crippen LogP contribution in [0.3, 0.4) is 0 Å². The minimum absolute atomic E-state index is 0.621. The lowest BCUT2D eigenvalue weighted by Gasteiger charge is -2.43. The Hall–Kier alpha value is -2.24. The Balaban J connectivity index is 1.51. The van der Waals surface area contributed by atoms with Gasteiger partial charge in [0, 0.05) is 61.8 Å². The molecule has 3 heterocycles. The average molecular weight is 364 g/mol. The van der Waals surface area contributed by atoms with E-state index in [-0.39, 0.29) is 0 Å². The first kappa shape index (κ1) is 18.1. The molecule has 0 N–H and O–H groups in total. The highest BCUT2D eigenvalue weighted by Gasteiger charge is 2.27. The van der Waals surface area contributed by atoms with E-state index in [9.17, 15) is 0 Å². The summed E-state index contributed by atoms with van der Waals surface area (Å²) < 4.78 is 1.92. The van der Waals surface area contributed by atoms with Crippen LogP contribution < -0.4 is 0 Å². The number of hydrogen-bond donors (Lipinski definition) is 0. The van der Waals surface area contributed by atoms with Gasteiger partial charge in [-0.15, -0.1) is 0 Å². The topological polar surface area (TPSA) is 36.7 Å². The summed E-state index contributed by atoms with van der Waals surface area (Å²) in [5.74, 6) is 0. The molecule has 0 aliphatic carbocycles. The second kappa shape index (κ2) is 7.79. The van der Waals surface area contributed by atoms with Crippen LogP contribution in [0.5, 0.6) is 0 Å². The summed E-state index contributed by atoms with van der Waals surface area (Å²) in [7, 11) is 0. The molecule has 1 aliphatic heterocycles. The third-order valence-electron chi connectivity index (χ3n) is 5.65. The molecule has 142 valence electrons. The molecule has 5 nitrogen and oxygen atoms in total. The molecule has 1 atom stereocenters. The van der Waals surface area contributed by atoms with Gasteiger partial charge in [0.15, 0.2) is 5.65 Å². The maximum Gasteiger partial charge on any atom is 0.162 e. The molecule has 1 saturated heterocycles. The van der Waals surface area contributed by atoms with Crippen molar-refractivity contribution in [3.63, 3.8) is 0 Å². The van der Waals surface area contributed by atoms with Crippen LogP contribution in [0.15, 0.2) is 48.9 Å². The van der Waals surface area contributed by atoms with Crippen molar-refractivity contribution in [1.82, 2.24) is 24.4 Å². The molecule has 0 unspecified atom stereocenters. The molecule has 1 aromatic carbocycles. The first-order chi connectivity index (χ1) is 13.2. The van der Waals surface area contributed by atoms with Crippen LogP contribution >= 0.6 is 0 Å². The normalized spacial score (nSPS) is 19.2. The highest BCUT2D eigenvalue weighted by Crippen LogP contribution is 2.23. The number of aromatic nitrogens is 3. The Labute approximate surface area is 161 Å². The second-order valence-corrected chi connectivity index (χ2v) is 7.78. The number of fused-ring (bicyclic) bond motifs is 1. The summed E-state index contributed by atoms with van der Waals surface area (Å²) in [5.41, 5.74) is 4.38. The number of rotatable bonds is 5.